The van der Waals surface area contributed by atoms with Crippen LogP contribution < -0.4 is 5.32 Å². The van der Waals surface area contributed by atoms with E-state index in [9.17, 15) is 0 Å². The lowest BCUT2D eigenvalue weighted by molar-refractivity contribution is 0.378. The van der Waals surface area contributed by atoms with Crippen molar-refractivity contribution in [3.05, 3.63) is 0 Å². The molecule has 2 unspecified atom stereocenters. The zero-order chi connectivity index (χ0) is 9.52. The molecule has 1 saturated heterocycles. The standard InChI is InChI=1S/C12H25N/c1-3-7-11(2)10-12-8-5-4-6-9-13-12/h11-13H,3-10H2,1-2H3. The van der Waals surface area contributed by atoms with Gasteiger partial charge in [-0.3, -0.25) is 0 Å². The van der Waals surface area contributed by atoms with E-state index in [0.717, 1.165) is 12.0 Å². The molecule has 1 aliphatic heterocycles. The summed E-state index contributed by atoms with van der Waals surface area (Å²) in [7, 11) is 0. The van der Waals surface area contributed by atoms with E-state index in [2.05, 4.69) is 19.2 Å². The van der Waals surface area contributed by atoms with Crippen LogP contribution in [0.3, 0.4) is 0 Å². The summed E-state index contributed by atoms with van der Waals surface area (Å²) >= 11 is 0. The molecule has 1 rings (SSSR count). The van der Waals surface area contributed by atoms with Crippen molar-refractivity contribution in [2.24, 2.45) is 5.92 Å². The second-order valence-electron chi connectivity index (χ2n) is 4.63. The Kier molecular flexibility index (Phi) is 5.45. The Balaban J connectivity index is 2.17. The quantitative estimate of drug-likeness (QED) is 0.705. The number of hydrogen-bond donors (Lipinski definition) is 1. The van der Waals surface area contributed by atoms with Crippen LogP contribution in [0.2, 0.25) is 0 Å². The van der Waals surface area contributed by atoms with Gasteiger partial charge in [0.05, 0.1) is 0 Å². The molecule has 1 heterocycles. The third kappa shape index (κ3) is 4.66. The van der Waals surface area contributed by atoms with Crippen LogP contribution in [0.4, 0.5) is 0 Å². The van der Waals surface area contributed by atoms with E-state index in [1.807, 2.05) is 0 Å². The van der Waals surface area contributed by atoms with E-state index in [4.69, 9.17) is 0 Å². The van der Waals surface area contributed by atoms with Crippen LogP contribution in [0.15, 0.2) is 0 Å². The molecule has 0 bridgehead atoms. The van der Waals surface area contributed by atoms with Crippen LogP contribution in [0.5, 0.6) is 0 Å². The fourth-order valence-electron chi connectivity index (χ4n) is 2.40. The Morgan fingerprint density at radius 1 is 1.31 bits per heavy atom. The number of hydrogen-bond acceptors (Lipinski definition) is 1. The van der Waals surface area contributed by atoms with Gasteiger partial charge < -0.3 is 5.32 Å². The molecule has 0 saturated carbocycles. The predicted octanol–water partition coefficient (Wildman–Crippen LogP) is 3.34. The Bertz CT molecular complexity index is 114. The predicted molar refractivity (Wildman–Crippen MR) is 58.9 cm³/mol. The lowest BCUT2D eigenvalue weighted by Gasteiger charge is -2.19. The third-order valence-corrected chi connectivity index (χ3v) is 3.13. The Hall–Kier alpha value is -0.0400. The van der Waals surface area contributed by atoms with Gasteiger partial charge in [-0.05, 0) is 31.7 Å². The molecule has 1 N–H and O–H groups in total. The fraction of sp³-hybridized carbons (Fsp3) is 1.00. The highest BCUT2D eigenvalue weighted by molar-refractivity contribution is 4.72. The lowest BCUT2D eigenvalue weighted by atomic mass is 9.95. The summed E-state index contributed by atoms with van der Waals surface area (Å²) in [4.78, 5) is 0. The van der Waals surface area contributed by atoms with Crippen LogP contribution in [0.25, 0.3) is 0 Å². The van der Waals surface area contributed by atoms with Crippen LogP contribution in [-0.4, -0.2) is 12.6 Å². The number of rotatable bonds is 4. The van der Waals surface area contributed by atoms with E-state index in [1.165, 1.54) is 51.5 Å². The summed E-state index contributed by atoms with van der Waals surface area (Å²) in [5, 5.41) is 3.67. The van der Waals surface area contributed by atoms with Crippen molar-refractivity contribution in [1.82, 2.24) is 5.32 Å². The van der Waals surface area contributed by atoms with Crippen molar-refractivity contribution in [3.63, 3.8) is 0 Å². The molecule has 0 amide bonds. The highest BCUT2D eigenvalue weighted by atomic mass is 14.9. The maximum atomic E-state index is 3.67. The van der Waals surface area contributed by atoms with Gasteiger partial charge in [0.1, 0.15) is 0 Å². The van der Waals surface area contributed by atoms with Gasteiger partial charge in [0.15, 0.2) is 0 Å². The number of nitrogens with one attached hydrogen (secondary N) is 1. The minimum Gasteiger partial charge on any atom is -0.314 e. The van der Waals surface area contributed by atoms with Crippen molar-refractivity contribution in [1.29, 1.82) is 0 Å². The van der Waals surface area contributed by atoms with Crippen LogP contribution in [-0.2, 0) is 0 Å². The van der Waals surface area contributed by atoms with Crippen molar-refractivity contribution in [2.45, 2.75) is 64.8 Å². The molecule has 0 aromatic carbocycles. The average Bonchev–Trinajstić information content (AvgIpc) is 2.33. The first-order chi connectivity index (χ1) is 6.33. The van der Waals surface area contributed by atoms with Crippen LogP contribution in [0, 0.1) is 5.92 Å². The first-order valence-corrected chi connectivity index (χ1v) is 6.06. The normalized spacial score (nSPS) is 26.8. The largest absolute Gasteiger partial charge is 0.314 e. The maximum Gasteiger partial charge on any atom is 0.00695 e. The summed E-state index contributed by atoms with van der Waals surface area (Å²) in [6.45, 7) is 5.94. The average molecular weight is 183 g/mol. The molecule has 1 heteroatoms. The van der Waals surface area contributed by atoms with Gasteiger partial charge in [-0.1, -0.05) is 39.5 Å². The summed E-state index contributed by atoms with van der Waals surface area (Å²) in [6, 6.07) is 0.823. The van der Waals surface area contributed by atoms with Gasteiger partial charge in [0, 0.05) is 6.04 Å². The van der Waals surface area contributed by atoms with Gasteiger partial charge in [0.25, 0.3) is 0 Å². The summed E-state index contributed by atoms with van der Waals surface area (Å²) in [5.74, 6) is 0.917. The molecule has 1 nitrogen and oxygen atoms in total. The molecule has 0 spiro atoms. The van der Waals surface area contributed by atoms with Crippen LogP contribution in [0.1, 0.15) is 58.8 Å². The van der Waals surface area contributed by atoms with Gasteiger partial charge in [-0.15, -0.1) is 0 Å². The molecule has 13 heavy (non-hydrogen) atoms. The highest BCUT2D eigenvalue weighted by Gasteiger charge is 2.13. The molecule has 78 valence electrons. The third-order valence-electron chi connectivity index (χ3n) is 3.13. The maximum absolute atomic E-state index is 3.67. The molecule has 2 atom stereocenters. The summed E-state index contributed by atoms with van der Waals surface area (Å²) < 4.78 is 0. The van der Waals surface area contributed by atoms with E-state index in [0.29, 0.717) is 0 Å². The summed E-state index contributed by atoms with van der Waals surface area (Å²) in [5.41, 5.74) is 0. The second kappa shape index (κ2) is 6.42. The topological polar surface area (TPSA) is 12.0 Å². The monoisotopic (exact) mass is 183 g/mol. The van der Waals surface area contributed by atoms with Gasteiger partial charge in [0.2, 0.25) is 0 Å². The molecule has 0 radical (unpaired) electrons. The summed E-state index contributed by atoms with van der Waals surface area (Å²) in [6.07, 6.45) is 9.81. The molecule has 0 aromatic heterocycles. The smallest absolute Gasteiger partial charge is 0.00695 e. The molecule has 1 aliphatic rings. The fourth-order valence-corrected chi connectivity index (χ4v) is 2.40. The van der Waals surface area contributed by atoms with E-state index in [-0.39, 0.29) is 0 Å². The minimum atomic E-state index is 0.823. The van der Waals surface area contributed by atoms with E-state index < -0.39 is 0 Å². The van der Waals surface area contributed by atoms with E-state index in [1.54, 1.807) is 0 Å². The Labute approximate surface area is 83.3 Å². The molecule has 1 fully saturated rings. The minimum absolute atomic E-state index is 0.823. The zero-order valence-electron chi connectivity index (χ0n) is 9.31. The Morgan fingerprint density at radius 2 is 2.15 bits per heavy atom. The second-order valence-corrected chi connectivity index (χ2v) is 4.63. The van der Waals surface area contributed by atoms with Gasteiger partial charge >= 0.3 is 0 Å². The molecule has 0 aliphatic carbocycles. The lowest BCUT2D eigenvalue weighted by Crippen LogP contribution is -2.29. The molecule has 0 aromatic rings. The van der Waals surface area contributed by atoms with Crippen molar-refractivity contribution in [3.8, 4) is 0 Å². The van der Waals surface area contributed by atoms with Gasteiger partial charge in [-0.2, -0.15) is 0 Å². The van der Waals surface area contributed by atoms with Crippen LogP contribution >= 0.6 is 0 Å². The van der Waals surface area contributed by atoms with Crippen molar-refractivity contribution in [2.75, 3.05) is 6.54 Å². The Morgan fingerprint density at radius 3 is 2.92 bits per heavy atom. The highest BCUT2D eigenvalue weighted by Crippen LogP contribution is 2.18. The van der Waals surface area contributed by atoms with Crippen molar-refractivity contribution < 1.29 is 0 Å². The zero-order valence-corrected chi connectivity index (χ0v) is 9.31. The first kappa shape index (κ1) is 11.0. The SMILES string of the molecule is CCCC(C)CC1CCCCCN1. The molecular formula is C12H25N. The molecular weight excluding hydrogens is 158 g/mol. The van der Waals surface area contributed by atoms with Gasteiger partial charge in [-0.25, -0.2) is 0 Å². The van der Waals surface area contributed by atoms with Crippen molar-refractivity contribution >= 4 is 0 Å². The van der Waals surface area contributed by atoms with E-state index >= 15 is 0 Å². The first-order valence-electron chi connectivity index (χ1n) is 6.06.